The lowest BCUT2D eigenvalue weighted by Gasteiger charge is -2.30. The van der Waals surface area contributed by atoms with E-state index in [1.54, 1.807) is 0 Å². The smallest absolute Gasteiger partial charge is 0.329 e. The van der Waals surface area contributed by atoms with E-state index in [0.717, 1.165) is 6.42 Å². The predicted octanol–water partition coefficient (Wildman–Crippen LogP) is 0.653. The van der Waals surface area contributed by atoms with Crippen LogP contribution >= 0.6 is 0 Å². The largest absolute Gasteiger partial charge is 0.480 e. The molecule has 0 aromatic carbocycles. The van der Waals surface area contributed by atoms with E-state index in [1.165, 1.54) is 18.7 Å². The summed E-state index contributed by atoms with van der Waals surface area (Å²) in [6, 6.07) is -0.217. The number of nitrogens with zero attached hydrogens (tertiary/aromatic N) is 1. The number of rotatable bonds is 3. The van der Waals surface area contributed by atoms with Crippen molar-refractivity contribution < 1.29 is 14.7 Å². The van der Waals surface area contributed by atoms with Crippen LogP contribution in [0.15, 0.2) is 0 Å². The minimum absolute atomic E-state index is 0.0705. The summed E-state index contributed by atoms with van der Waals surface area (Å²) >= 11 is 0. The molecular formula is C9H16N2O3. The van der Waals surface area contributed by atoms with Crippen molar-refractivity contribution in [3.63, 3.8) is 0 Å². The fourth-order valence-electron chi connectivity index (χ4n) is 1.43. The van der Waals surface area contributed by atoms with Gasteiger partial charge in [0.05, 0.1) is 0 Å². The zero-order chi connectivity index (χ0) is 10.9. The Morgan fingerprint density at radius 2 is 2.29 bits per heavy atom. The Balaban J connectivity index is 2.80. The number of carbonyl (C=O) groups excluding carboxylic acids is 1. The van der Waals surface area contributed by atoms with Gasteiger partial charge in [0, 0.05) is 12.6 Å². The number of hydrogen-bond donors (Lipinski definition) is 2. The lowest BCUT2D eigenvalue weighted by Crippen LogP contribution is -2.51. The van der Waals surface area contributed by atoms with Gasteiger partial charge in [0.25, 0.3) is 0 Å². The summed E-state index contributed by atoms with van der Waals surface area (Å²) in [4.78, 5) is 23.7. The van der Waals surface area contributed by atoms with Crippen LogP contribution in [0.3, 0.4) is 0 Å². The highest BCUT2D eigenvalue weighted by Gasteiger charge is 2.42. The third-order valence-electron chi connectivity index (χ3n) is 2.67. The number of hydrogen-bond acceptors (Lipinski definition) is 2. The molecule has 80 valence electrons. The lowest BCUT2D eigenvalue weighted by molar-refractivity contribution is -0.147. The minimum Gasteiger partial charge on any atom is -0.480 e. The van der Waals surface area contributed by atoms with Gasteiger partial charge in [-0.05, 0) is 20.3 Å². The van der Waals surface area contributed by atoms with E-state index < -0.39 is 11.5 Å². The van der Waals surface area contributed by atoms with Gasteiger partial charge in [0.2, 0.25) is 0 Å². The van der Waals surface area contributed by atoms with Gasteiger partial charge in [0.15, 0.2) is 0 Å². The molecule has 14 heavy (non-hydrogen) atoms. The van der Waals surface area contributed by atoms with Gasteiger partial charge in [-0.15, -0.1) is 0 Å². The standard InChI is InChI=1S/C9H16N2O3/c1-4-6-5-11(8(14)10-6)9(2,3)7(12)13/h6H,4-5H2,1-3H3,(H,10,14)(H,12,13). The first-order valence-corrected chi connectivity index (χ1v) is 4.71. The van der Waals surface area contributed by atoms with Crippen molar-refractivity contribution >= 4 is 12.0 Å². The molecule has 0 spiro atoms. The van der Waals surface area contributed by atoms with Gasteiger partial charge in [0.1, 0.15) is 5.54 Å². The number of amides is 2. The van der Waals surface area contributed by atoms with Crippen LogP contribution in [0.4, 0.5) is 4.79 Å². The molecular weight excluding hydrogens is 184 g/mol. The number of urea groups is 1. The molecule has 2 N–H and O–H groups in total. The van der Waals surface area contributed by atoms with Gasteiger partial charge < -0.3 is 15.3 Å². The number of carboxylic acid groups (broad SMARTS) is 1. The lowest BCUT2D eigenvalue weighted by atomic mass is 10.0. The van der Waals surface area contributed by atoms with E-state index in [0.29, 0.717) is 6.54 Å². The molecule has 5 nitrogen and oxygen atoms in total. The summed E-state index contributed by atoms with van der Waals surface area (Å²) in [6.45, 7) is 5.50. The molecule has 2 amide bonds. The van der Waals surface area contributed by atoms with Gasteiger partial charge in [-0.25, -0.2) is 9.59 Å². The molecule has 0 radical (unpaired) electrons. The molecule has 0 bridgehead atoms. The van der Waals surface area contributed by atoms with Crippen LogP contribution in [0.5, 0.6) is 0 Å². The average molecular weight is 200 g/mol. The van der Waals surface area contributed by atoms with Crippen molar-refractivity contribution in [3.8, 4) is 0 Å². The van der Waals surface area contributed by atoms with Crippen molar-refractivity contribution in [1.29, 1.82) is 0 Å². The second-order valence-electron chi connectivity index (χ2n) is 4.03. The highest BCUT2D eigenvalue weighted by molar-refractivity contribution is 5.86. The van der Waals surface area contributed by atoms with Gasteiger partial charge in [-0.2, -0.15) is 0 Å². The first kappa shape index (κ1) is 10.8. The molecule has 1 aliphatic rings. The van der Waals surface area contributed by atoms with Crippen molar-refractivity contribution in [2.75, 3.05) is 6.54 Å². The molecule has 0 saturated carbocycles. The van der Waals surface area contributed by atoms with E-state index in [9.17, 15) is 9.59 Å². The average Bonchev–Trinajstić information content (AvgIpc) is 2.47. The fourth-order valence-corrected chi connectivity index (χ4v) is 1.43. The van der Waals surface area contributed by atoms with E-state index in [-0.39, 0.29) is 12.1 Å². The predicted molar refractivity (Wildman–Crippen MR) is 51.0 cm³/mol. The number of carbonyl (C=O) groups is 2. The summed E-state index contributed by atoms with van der Waals surface area (Å²) in [5.74, 6) is -0.982. The number of carboxylic acids is 1. The Kier molecular flexibility index (Phi) is 2.69. The molecule has 5 heteroatoms. The minimum atomic E-state index is -1.13. The molecule has 1 atom stereocenters. The Morgan fingerprint density at radius 3 is 2.64 bits per heavy atom. The zero-order valence-corrected chi connectivity index (χ0v) is 8.70. The summed E-state index contributed by atoms with van der Waals surface area (Å²) in [7, 11) is 0. The molecule has 0 aromatic heterocycles. The maximum Gasteiger partial charge on any atom is 0.329 e. The Labute approximate surface area is 83.1 Å². The Hall–Kier alpha value is -1.26. The topological polar surface area (TPSA) is 69.6 Å². The van der Waals surface area contributed by atoms with Crippen molar-refractivity contribution in [1.82, 2.24) is 10.2 Å². The zero-order valence-electron chi connectivity index (χ0n) is 8.70. The summed E-state index contributed by atoms with van der Waals surface area (Å²) in [6.07, 6.45) is 0.817. The summed E-state index contributed by atoms with van der Waals surface area (Å²) in [5.41, 5.74) is -1.13. The Morgan fingerprint density at radius 1 is 1.71 bits per heavy atom. The first-order valence-electron chi connectivity index (χ1n) is 4.71. The third kappa shape index (κ3) is 1.66. The van der Waals surface area contributed by atoms with E-state index in [1.807, 2.05) is 6.92 Å². The Bertz CT molecular complexity index is 263. The van der Waals surface area contributed by atoms with Crippen molar-refractivity contribution in [2.24, 2.45) is 0 Å². The second-order valence-corrected chi connectivity index (χ2v) is 4.03. The van der Waals surface area contributed by atoms with E-state index in [4.69, 9.17) is 5.11 Å². The van der Waals surface area contributed by atoms with Crippen LogP contribution in [0.1, 0.15) is 27.2 Å². The SMILES string of the molecule is CCC1CN(C(C)(C)C(=O)O)C(=O)N1. The summed E-state index contributed by atoms with van der Waals surface area (Å²) < 4.78 is 0. The molecule has 1 rings (SSSR count). The van der Waals surface area contributed by atoms with E-state index in [2.05, 4.69) is 5.32 Å². The van der Waals surface area contributed by atoms with Crippen molar-refractivity contribution in [3.05, 3.63) is 0 Å². The molecule has 1 heterocycles. The highest BCUT2D eigenvalue weighted by Crippen LogP contribution is 2.20. The maximum atomic E-state index is 11.4. The van der Waals surface area contributed by atoms with Gasteiger partial charge >= 0.3 is 12.0 Å². The van der Waals surface area contributed by atoms with Gasteiger partial charge in [-0.1, -0.05) is 6.92 Å². The third-order valence-corrected chi connectivity index (χ3v) is 2.67. The second kappa shape index (κ2) is 3.48. The highest BCUT2D eigenvalue weighted by atomic mass is 16.4. The molecule has 1 fully saturated rings. The quantitative estimate of drug-likeness (QED) is 0.702. The van der Waals surface area contributed by atoms with Crippen LogP contribution in [0, 0.1) is 0 Å². The molecule has 1 saturated heterocycles. The molecule has 1 aliphatic heterocycles. The first-order chi connectivity index (χ1) is 6.39. The maximum absolute atomic E-state index is 11.4. The molecule has 0 aromatic rings. The van der Waals surface area contributed by atoms with Crippen LogP contribution < -0.4 is 5.32 Å². The molecule has 1 unspecified atom stereocenters. The van der Waals surface area contributed by atoms with Crippen LogP contribution in [0.25, 0.3) is 0 Å². The normalized spacial score (nSPS) is 22.4. The van der Waals surface area contributed by atoms with E-state index >= 15 is 0 Å². The van der Waals surface area contributed by atoms with Gasteiger partial charge in [-0.3, -0.25) is 0 Å². The van der Waals surface area contributed by atoms with Crippen LogP contribution in [-0.4, -0.2) is 40.1 Å². The van der Waals surface area contributed by atoms with Crippen LogP contribution in [0.2, 0.25) is 0 Å². The summed E-state index contributed by atoms with van der Waals surface area (Å²) in [5, 5.41) is 11.7. The monoisotopic (exact) mass is 200 g/mol. The number of aliphatic carboxylic acids is 1. The van der Waals surface area contributed by atoms with Crippen molar-refractivity contribution in [2.45, 2.75) is 38.8 Å². The molecule has 0 aliphatic carbocycles. The van der Waals surface area contributed by atoms with Crippen LogP contribution in [-0.2, 0) is 4.79 Å². The fraction of sp³-hybridized carbons (Fsp3) is 0.778. The number of nitrogens with one attached hydrogen (secondary N) is 1.